The largest absolute Gasteiger partial charge is 0.396 e. The van der Waals surface area contributed by atoms with E-state index in [1.807, 2.05) is 0 Å². The van der Waals surface area contributed by atoms with Crippen molar-refractivity contribution in [3.05, 3.63) is 16.9 Å². The monoisotopic (exact) mass is 275 g/mol. The molecule has 0 aromatic carbocycles. The Labute approximate surface area is 105 Å². The maximum absolute atomic E-state index is 11.8. The van der Waals surface area contributed by atoms with Gasteiger partial charge in [0.1, 0.15) is 0 Å². The molecule has 1 aromatic rings. The molecule has 5 nitrogen and oxygen atoms in total. The highest BCUT2D eigenvalue weighted by atomic mass is 35.5. The summed E-state index contributed by atoms with van der Waals surface area (Å²) < 4.78 is 23.7. The lowest BCUT2D eigenvalue weighted by atomic mass is 10.1. The molecule has 0 aliphatic carbocycles. The molecule has 0 spiro atoms. The predicted molar refractivity (Wildman–Crippen MR) is 66.6 cm³/mol. The predicted octanol–water partition coefficient (Wildman–Crippen LogP) is 1.22. The molecular weight excluding hydrogens is 262 g/mol. The zero-order chi connectivity index (χ0) is 12.5. The lowest BCUT2D eigenvalue weighted by Crippen LogP contribution is -2.30. The van der Waals surface area contributed by atoms with Gasteiger partial charge >= 0.3 is 0 Å². The first-order valence-electron chi connectivity index (χ1n) is 5.48. The van der Waals surface area contributed by atoms with Crippen molar-refractivity contribution in [3.63, 3.8) is 0 Å². The number of nitrogen functional groups attached to an aromatic ring is 1. The van der Waals surface area contributed by atoms with Crippen LogP contribution in [-0.4, -0.2) is 29.6 Å². The molecule has 1 aliphatic heterocycles. The SMILES string of the molecule is Nc1cc(CC2CCCCS2(=O)=O)nnc1Cl. The summed E-state index contributed by atoms with van der Waals surface area (Å²) in [5.74, 6) is 0.272. The van der Waals surface area contributed by atoms with Gasteiger partial charge in [-0.2, -0.15) is 5.10 Å². The molecule has 7 heteroatoms. The molecular formula is C10H14ClN3O2S. The first-order chi connectivity index (χ1) is 7.99. The molecule has 1 unspecified atom stereocenters. The Hall–Kier alpha value is -0.880. The van der Waals surface area contributed by atoms with Crippen LogP contribution in [-0.2, 0) is 16.3 Å². The summed E-state index contributed by atoms with van der Waals surface area (Å²) in [4.78, 5) is 0. The van der Waals surface area contributed by atoms with Crippen LogP contribution in [0.1, 0.15) is 25.0 Å². The van der Waals surface area contributed by atoms with Crippen molar-refractivity contribution in [3.8, 4) is 0 Å². The minimum absolute atomic E-state index is 0.153. The fourth-order valence-electron chi connectivity index (χ4n) is 2.02. The van der Waals surface area contributed by atoms with Crippen molar-refractivity contribution in [1.29, 1.82) is 0 Å². The molecule has 2 heterocycles. The quantitative estimate of drug-likeness (QED) is 0.877. The molecule has 2 N–H and O–H groups in total. The van der Waals surface area contributed by atoms with E-state index in [-0.39, 0.29) is 16.2 Å². The smallest absolute Gasteiger partial charge is 0.174 e. The van der Waals surface area contributed by atoms with E-state index < -0.39 is 9.84 Å². The van der Waals surface area contributed by atoms with E-state index in [0.717, 1.165) is 12.8 Å². The molecule has 0 bridgehead atoms. The number of nitrogens with two attached hydrogens (primary N) is 1. The van der Waals surface area contributed by atoms with Crippen LogP contribution in [0.15, 0.2) is 6.07 Å². The van der Waals surface area contributed by atoms with Gasteiger partial charge in [0.25, 0.3) is 0 Å². The number of nitrogens with zero attached hydrogens (tertiary/aromatic N) is 2. The Bertz CT molecular complexity index is 518. The minimum atomic E-state index is -2.99. The molecule has 1 aliphatic rings. The Kier molecular flexibility index (Phi) is 3.53. The van der Waals surface area contributed by atoms with Crippen LogP contribution < -0.4 is 5.73 Å². The maximum Gasteiger partial charge on any atom is 0.174 e. The van der Waals surface area contributed by atoms with E-state index >= 15 is 0 Å². The topological polar surface area (TPSA) is 85.9 Å². The number of hydrogen-bond acceptors (Lipinski definition) is 5. The van der Waals surface area contributed by atoms with Crippen LogP contribution in [0.4, 0.5) is 5.69 Å². The Balaban J connectivity index is 2.17. The molecule has 94 valence electrons. The number of aromatic nitrogens is 2. The molecule has 1 fully saturated rings. The average Bonchev–Trinajstić information content (AvgIpc) is 2.26. The van der Waals surface area contributed by atoms with Crippen molar-refractivity contribution in [2.45, 2.75) is 30.9 Å². The number of hydrogen-bond donors (Lipinski definition) is 1. The van der Waals surface area contributed by atoms with Crippen molar-refractivity contribution in [1.82, 2.24) is 10.2 Å². The van der Waals surface area contributed by atoms with E-state index in [1.54, 1.807) is 6.07 Å². The maximum atomic E-state index is 11.8. The van der Waals surface area contributed by atoms with Crippen molar-refractivity contribution >= 4 is 27.1 Å². The van der Waals surface area contributed by atoms with Gasteiger partial charge in [0.05, 0.1) is 22.4 Å². The van der Waals surface area contributed by atoms with Gasteiger partial charge in [0.15, 0.2) is 15.0 Å². The summed E-state index contributed by atoms with van der Waals surface area (Å²) in [6.07, 6.45) is 2.76. The summed E-state index contributed by atoms with van der Waals surface area (Å²) in [7, 11) is -2.99. The lowest BCUT2D eigenvalue weighted by molar-refractivity contribution is 0.535. The highest BCUT2D eigenvalue weighted by molar-refractivity contribution is 7.92. The first kappa shape index (κ1) is 12.6. The fraction of sp³-hybridized carbons (Fsp3) is 0.600. The molecule has 0 amide bonds. The van der Waals surface area contributed by atoms with Gasteiger partial charge in [-0.3, -0.25) is 0 Å². The van der Waals surface area contributed by atoms with E-state index in [4.69, 9.17) is 17.3 Å². The van der Waals surface area contributed by atoms with Crippen LogP contribution in [0.2, 0.25) is 5.15 Å². The van der Waals surface area contributed by atoms with Crippen LogP contribution in [0.25, 0.3) is 0 Å². The van der Waals surface area contributed by atoms with Gasteiger partial charge in [0, 0.05) is 6.42 Å². The number of anilines is 1. The molecule has 1 aromatic heterocycles. The number of halogens is 1. The normalized spacial score (nSPS) is 23.5. The average molecular weight is 276 g/mol. The van der Waals surface area contributed by atoms with Gasteiger partial charge in [-0.05, 0) is 18.9 Å². The Morgan fingerprint density at radius 1 is 1.41 bits per heavy atom. The Morgan fingerprint density at radius 2 is 2.18 bits per heavy atom. The zero-order valence-corrected chi connectivity index (χ0v) is 10.8. The molecule has 0 radical (unpaired) electrons. The van der Waals surface area contributed by atoms with E-state index in [1.165, 1.54) is 0 Å². The fourth-order valence-corrected chi connectivity index (χ4v) is 4.00. The van der Waals surface area contributed by atoms with E-state index in [9.17, 15) is 8.42 Å². The highest BCUT2D eigenvalue weighted by Gasteiger charge is 2.29. The van der Waals surface area contributed by atoms with Gasteiger partial charge in [-0.1, -0.05) is 18.0 Å². The van der Waals surface area contributed by atoms with Gasteiger partial charge < -0.3 is 5.73 Å². The highest BCUT2D eigenvalue weighted by Crippen LogP contribution is 2.23. The molecule has 17 heavy (non-hydrogen) atoms. The second-order valence-electron chi connectivity index (χ2n) is 4.27. The molecule has 2 rings (SSSR count). The summed E-state index contributed by atoms with van der Waals surface area (Å²) in [6.45, 7) is 0. The van der Waals surface area contributed by atoms with Gasteiger partial charge in [-0.15, -0.1) is 5.10 Å². The van der Waals surface area contributed by atoms with Gasteiger partial charge in [0.2, 0.25) is 0 Å². The molecule has 1 atom stereocenters. The number of rotatable bonds is 2. The second-order valence-corrected chi connectivity index (χ2v) is 7.03. The third-order valence-corrected chi connectivity index (χ3v) is 5.55. The first-order valence-corrected chi connectivity index (χ1v) is 7.57. The Morgan fingerprint density at radius 3 is 2.82 bits per heavy atom. The van der Waals surface area contributed by atoms with Crippen molar-refractivity contribution in [2.24, 2.45) is 0 Å². The van der Waals surface area contributed by atoms with Crippen LogP contribution in [0, 0.1) is 0 Å². The van der Waals surface area contributed by atoms with E-state index in [2.05, 4.69) is 10.2 Å². The second kappa shape index (κ2) is 4.78. The van der Waals surface area contributed by atoms with Crippen LogP contribution in [0.3, 0.4) is 0 Å². The van der Waals surface area contributed by atoms with Gasteiger partial charge in [-0.25, -0.2) is 8.42 Å². The minimum Gasteiger partial charge on any atom is -0.396 e. The third kappa shape index (κ3) is 2.87. The van der Waals surface area contributed by atoms with E-state index in [0.29, 0.717) is 24.2 Å². The lowest BCUT2D eigenvalue weighted by Gasteiger charge is -2.21. The summed E-state index contributed by atoms with van der Waals surface area (Å²) in [5, 5.41) is 7.36. The standard InChI is InChI=1S/C10H14ClN3O2S/c11-10-9(12)6-7(13-14-10)5-8-3-1-2-4-17(8,15)16/h6,8H,1-5H2,(H2,12,13). The van der Waals surface area contributed by atoms with Crippen molar-refractivity contribution < 1.29 is 8.42 Å². The molecule has 1 saturated heterocycles. The van der Waals surface area contributed by atoms with Crippen LogP contribution in [0.5, 0.6) is 0 Å². The third-order valence-electron chi connectivity index (χ3n) is 2.98. The van der Waals surface area contributed by atoms with Crippen LogP contribution >= 0.6 is 11.6 Å². The molecule has 0 saturated carbocycles. The summed E-state index contributed by atoms with van der Waals surface area (Å²) in [6, 6.07) is 1.60. The number of sulfone groups is 1. The summed E-state index contributed by atoms with van der Waals surface area (Å²) in [5.41, 5.74) is 6.53. The zero-order valence-electron chi connectivity index (χ0n) is 9.26. The van der Waals surface area contributed by atoms with Crippen molar-refractivity contribution in [2.75, 3.05) is 11.5 Å². The summed E-state index contributed by atoms with van der Waals surface area (Å²) >= 11 is 5.66.